The van der Waals surface area contributed by atoms with Gasteiger partial charge in [-0.15, -0.1) is 0 Å². The monoisotopic (exact) mass is 288 g/mol. The zero-order valence-electron chi connectivity index (χ0n) is 12.2. The molecule has 0 N–H and O–H groups in total. The van der Waals surface area contributed by atoms with Crippen LogP contribution in [-0.2, 0) is 4.79 Å². The maximum Gasteiger partial charge on any atom is 0.201 e. The maximum absolute atomic E-state index is 12.5. The smallest absolute Gasteiger partial charge is 0.201 e. The Labute approximate surface area is 122 Å². The van der Waals surface area contributed by atoms with Crippen LogP contribution in [-0.4, -0.2) is 31.6 Å². The molecule has 0 radical (unpaired) electrons. The number of fused-ring (bicyclic) bond motifs is 1. The number of Topliss-reactive ketones (excluding diaryl/α,β-unsaturated/α-hetero) is 2. The summed E-state index contributed by atoms with van der Waals surface area (Å²) in [4.78, 5) is 36.8. The average molecular weight is 288 g/mol. The minimum Gasteiger partial charge on any atom is -0.496 e. The highest BCUT2D eigenvalue weighted by atomic mass is 16.5. The molecule has 0 fully saturated rings. The number of benzene rings is 1. The third-order valence-corrected chi connectivity index (χ3v) is 3.34. The molecule has 110 valence electrons. The van der Waals surface area contributed by atoms with Gasteiger partial charge < -0.3 is 9.47 Å². The van der Waals surface area contributed by atoms with Gasteiger partial charge in [0.05, 0.1) is 30.9 Å². The molecule has 0 atom stereocenters. The van der Waals surface area contributed by atoms with E-state index in [2.05, 4.69) is 0 Å². The van der Waals surface area contributed by atoms with Crippen LogP contribution in [0.15, 0.2) is 23.8 Å². The Kier molecular flexibility index (Phi) is 4.21. The third-order valence-electron chi connectivity index (χ3n) is 3.34. The van der Waals surface area contributed by atoms with E-state index in [4.69, 9.17) is 9.47 Å². The van der Waals surface area contributed by atoms with Crippen LogP contribution in [0.1, 0.15) is 40.5 Å². The minimum atomic E-state index is -0.487. The van der Waals surface area contributed by atoms with Crippen molar-refractivity contribution >= 4 is 17.3 Å². The summed E-state index contributed by atoms with van der Waals surface area (Å²) in [5.41, 5.74) is 0.166. The van der Waals surface area contributed by atoms with Crippen molar-refractivity contribution in [3.05, 3.63) is 34.9 Å². The maximum atomic E-state index is 12.5. The lowest BCUT2D eigenvalue weighted by molar-refractivity contribution is -0.115. The van der Waals surface area contributed by atoms with Crippen LogP contribution in [0.4, 0.5) is 0 Å². The summed E-state index contributed by atoms with van der Waals surface area (Å²) in [6.07, 6.45) is 1.94. The molecule has 0 aliphatic heterocycles. The first kappa shape index (κ1) is 15.0. The highest BCUT2D eigenvalue weighted by Gasteiger charge is 2.34. The average Bonchev–Trinajstić information content (AvgIpc) is 2.49. The highest BCUT2D eigenvalue weighted by molar-refractivity contribution is 6.36. The number of hydrogen-bond acceptors (Lipinski definition) is 5. The second-order valence-corrected chi connectivity index (χ2v) is 4.64. The number of hydrogen-bond donors (Lipinski definition) is 0. The molecule has 0 amide bonds. The van der Waals surface area contributed by atoms with Gasteiger partial charge in [0, 0.05) is 12.5 Å². The number of ketones is 3. The first-order valence-corrected chi connectivity index (χ1v) is 6.64. The summed E-state index contributed by atoms with van der Waals surface area (Å²) in [5.74, 6) is -0.675. The highest BCUT2D eigenvalue weighted by Crippen LogP contribution is 2.36. The Hall–Kier alpha value is -2.43. The zero-order valence-corrected chi connectivity index (χ0v) is 12.2. The molecule has 5 nitrogen and oxygen atoms in total. The molecule has 5 heteroatoms. The van der Waals surface area contributed by atoms with E-state index in [1.165, 1.54) is 14.2 Å². The second-order valence-electron chi connectivity index (χ2n) is 4.64. The third kappa shape index (κ3) is 2.46. The molecule has 0 saturated heterocycles. The Morgan fingerprint density at radius 3 is 2.14 bits per heavy atom. The van der Waals surface area contributed by atoms with Crippen molar-refractivity contribution < 1.29 is 23.9 Å². The van der Waals surface area contributed by atoms with E-state index >= 15 is 0 Å². The van der Waals surface area contributed by atoms with Gasteiger partial charge >= 0.3 is 0 Å². The lowest BCUT2D eigenvalue weighted by Gasteiger charge is -2.19. The van der Waals surface area contributed by atoms with Crippen LogP contribution in [0, 0.1) is 0 Å². The van der Waals surface area contributed by atoms with Crippen molar-refractivity contribution in [2.24, 2.45) is 0 Å². The predicted octanol–water partition coefficient (Wildman–Crippen LogP) is 2.38. The predicted molar refractivity (Wildman–Crippen MR) is 76.2 cm³/mol. The van der Waals surface area contributed by atoms with Crippen molar-refractivity contribution in [2.45, 2.75) is 19.8 Å². The number of methoxy groups -OCH3 is 2. The van der Waals surface area contributed by atoms with Crippen LogP contribution in [0.3, 0.4) is 0 Å². The normalized spacial score (nSPS) is 13.6. The lowest BCUT2D eigenvalue weighted by atomic mass is 9.85. The van der Waals surface area contributed by atoms with Gasteiger partial charge in [0.1, 0.15) is 11.5 Å². The quantitative estimate of drug-likeness (QED) is 0.778. The molecule has 1 aromatic carbocycles. The molecule has 0 bridgehead atoms. The lowest BCUT2D eigenvalue weighted by Crippen LogP contribution is -2.23. The molecule has 0 spiro atoms. The number of allylic oxidation sites excluding steroid dienone is 2. The summed E-state index contributed by atoms with van der Waals surface area (Å²) < 4.78 is 10.3. The fourth-order valence-electron chi connectivity index (χ4n) is 2.35. The molecular formula is C16H16O5. The van der Waals surface area contributed by atoms with E-state index < -0.39 is 11.6 Å². The molecule has 0 saturated carbocycles. The summed E-state index contributed by atoms with van der Waals surface area (Å²) >= 11 is 0. The Balaban J connectivity index is 2.63. The summed E-state index contributed by atoms with van der Waals surface area (Å²) in [6, 6.07) is 3.12. The van der Waals surface area contributed by atoms with Gasteiger partial charge in [0.25, 0.3) is 0 Å². The standard InChI is InChI=1S/C16H16O5/c1-4-5-10(17)9-8-11(18)14-12(20-2)6-7-13(21-3)15(14)16(9)19/h6-8H,4-5H2,1-3H3. The molecule has 0 unspecified atom stereocenters. The molecule has 0 aromatic heterocycles. The fraction of sp³-hybridized carbons (Fsp3) is 0.312. The number of rotatable bonds is 5. The number of carbonyl (C=O) groups is 3. The van der Waals surface area contributed by atoms with Crippen molar-refractivity contribution in [3.63, 3.8) is 0 Å². The van der Waals surface area contributed by atoms with Crippen LogP contribution in [0.25, 0.3) is 0 Å². The zero-order chi connectivity index (χ0) is 15.6. The number of carbonyl (C=O) groups excluding carboxylic acids is 3. The van der Waals surface area contributed by atoms with E-state index in [9.17, 15) is 14.4 Å². The fourth-order valence-corrected chi connectivity index (χ4v) is 2.35. The van der Waals surface area contributed by atoms with E-state index in [1.54, 1.807) is 12.1 Å². The minimum absolute atomic E-state index is 0.0825. The SMILES string of the molecule is CCCC(=O)C1=CC(=O)c2c(OC)ccc(OC)c2C1=O. The van der Waals surface area contributed by atoms with Gasteiger partial charge in [0.2, 0.25) is 5.78 Å². The largest absolute Gasteiger partial charge is 0.496 e. The number of ether oxygens (including phenoxy) is 2. The van der Waals surface area contributed by atoms with E-state index in [0.717, 1.165) is 6.08 Å². The van der Waals surface area contributed by atoms with Crippen molar-refractivity contribution in [2.75, 3.05) is 14.2 Å². The first-order valence-electron chi connectivity index (χ1n) is 6.64. The van der Waals surface area contributed by atoms with Crippen molar-refractivity contribution in [1.29, 1.82) is 0 Å². The van der Waals surface area contributed by atoms with Crippen LogP contribution >= 0.6 is 0 Å². The molecule has 1 aromatic rings. The first-order chi connectivity index (χ1) is 10.0. The molecule has 2 rings (SSSR count). The van der Waals surface area contributed by atoms with Crippen molar-refractivity contribution in [1.82, 2.24) is 0 Å². The second kappa shape index (κ2) is 5.91. The molecule has 1 aliphatic carbocycles. The van der Waals surface area contributed by atoms with Gasteiger partial charge in [-0.1, -0.05) is 6.92 Å². The van der Waals surface area contributed by atoms with Gasteiger partial charge in [-0.3, -0.25) is 14.4 Å². The van der Waals surface area contributed by atoms with E-state index in [0.29, 0.717) is 12.2 Å². The van der Waals surface area contributed by atoms with Gasteiger partial charge in [-0.05, 0) is 18.6 Å². The van der Waals surface area contributed by atoms with Crippen LogP contribution in [0.5, 0.6) is 11.5 Å². The Bertz CT molecular complexity index is 655. The van der Waals surface area contributed by atoms with E-state index in [-0.39, 0.29) is 34.7 Å². The molecular weight excluding hydrogens is 272 g/mol. The van der Waals surface area contributed by atoms with Gasteiger partial charge in [-0.25, -0.2) is 0 Å². The van der Waals surface area contributed by atoms with Crippen LogP contribution < -0.4 is 9.47 Å². The summed E-state index contributed by atoms with van der Waals surface area (Å²) in [7, 11) is 2.83. The van der Waals surface area contributed by atoms with Crippen LogP contribution in [0.2, 0.25) is 0 Å². The molecule has 1 aliphatic rings. The van der Waals surface area contributed by atoms with Gasteiger partial charge in [0.15, 0.2) is 11.6 Å². The molecule has 0 heterocycles. The Morgan fingerprint density at radius 1 is 1.05 bits per heavy atom. The topological polar surface area (TPSA) is 69.7 Å². The Morgan fingerprint density at radius 2 is 1.62 bits per heavy atom. The molecule has 21 heavy (non-hydrogen) atoms. The summed E-state index contributed by atoms with van der Waals surface area (Å²) in [6.45, 7) is 1.84. The van der Waals surface area contributed by atoms with Crippen molar-refractivity contribution in [3.8, 4) is 11.5 Å². The summed E-state index contributed by atoms with van der Waals surface area (Å²) in [5, 5.41) is 0. The van der Waals surface area contributed by atoms with E-state index in [1.807, 2.05) is 6.92 Å². The van der Waals surface area contributed by atoms with Gasteiger partial charge in [-0.2, -0.15) is 0 Å².